The number of aromatic nitrogens is 3. The van der Waals surface area contributed by atoms with Crippen LogP contribution < -0.4 is 5.32 Å². The van der Waals surface area contributed by atoms with E-state index < -0.39 is 0 Å². The molecule has 0 aliphatic heterocycles. The molecule has 1 N–H and O–H groups in total. The number of hydrogen-bond acceptors (Lipinski definition) is 3. The third kappa shape index (κ3) is 3.90. The van der Waals surface area contributed by atoms with Crippen molar-refractivity contribution in [2.45, 2.75) is 46.8 Å². The van der Waals surface area contributed by atoms with Crippen molar-refractivity contribution in [2.24, 2.45) is 5.92 Å². The third-order valence-corrected chi connectivity index (χ3v) is 3.34. The van der Waals surface area contributed by atoms with Crippen LogP contribution in [0.25, 0.3) is 0 Å². The van der Waals surface area contributed by atoms with Gasteiger partial charge >= 0.3 is 0 Å². The molecule has 4 heteroatoms. The van der Waals surface area contributed by atoms with Crippen LogP contribution in [0.4, 0.5) is 0 Å². The molecule has 0 saturated carbocycles. The fraction of sp³-hybridized carbons (Fsp3) is 0.500. The largest absolute Gasteiger partial charge is 0.303 e. The van der Waals surface area contributed by atoms with Crippen LogP contribution in [-0.4, -0.2) is 14.8 Å². The van der Waals surface area contributed by atoms with Gasteiger partial charge in [-0.1, -0.05) is 43.7 Å². The maximum absolute atomic E-state index is 4.34. The Morgan fingerprint density at radius 3 is 2.75 bits per heavy atom. The minimum Gasteiger partial charge on any atom is -0.303 e. The second-order valence-corrected chi connectivity index (χ2v) is 5.77. The summed E-state index contributed by atoms with van der Waals surface area (Å²) in [5, 5.41) is 7.81. The predicted molar refractivity (Wildman–Crippen MR) is 81.3 cm³/mol. The van der Waals surface area contributed by atoms with Gasteiger partial charge in [0.15, 0.2) is 0 Å². The van der Waals surface area contributed by atoms with Crippen molar-refractivity contribution in [3.8, 4) is 0 Å². The van der Waals surface area contributed by atoms with Crippen LogP contribution in [0, 0.1) is 12.8 Å². The molecule has 4 nitrogen and oxygen atoms in total. The molecule has 0 unspecified atom stereocenters. The lowest BCUT2D eigenvalue weighted by molar-refractivity contribution is 0.449. The lowest BCUT2D eigenvalue weighted by Crippen LogP contribution is -2.22. The summed E-state index contributed by atoms with van der Waals surface area (Å²) >= 11 is 0. The van der Waals surface area contributed by atoms with Gasteiger partial charge in [0.05, 0.1) is 6.54 Å². The number of benzene rings is 1. The zero-order valence-corrected chi connectivity index (χ0v) is 12.8. The van der Waals surface area contributed by atoms with Gasteiger partial charge in [-0.25, -0.2) is 9.67 Å². The van der Waals surface area contributed by atoms with E-state index >= 15 is 0 Å². The fourth-order valence-electron chi connectivity index (χ4n) is 2.23. The maximum atomic E-state index is 4.34. The van der Waals surface area contributed by atoms with Crippen LogP contribution in [-0.2, 0) is 13.1 Å². The lowest BCUT2D eigenvalue weighted by atomic mass is 10.1. The number of nitrogens with zero attached hydrogens (tertiary/aromatic N) is 3. The summed E-state index contributed by atoms with van der Waals surface area (Å²) in [6.07, 6.45) is 1.64. The van der Waals surface area contributed by atoms with Gasteiger partial charge in [0, 0.05) is 12.6 Å². The minimum atomic E-state index is 0.305. The van der Waals surface area contributed by atoms with E-state index in [0.717, 1.165) is 18.9 Å². The molecule has 20 heavy (non-hydrogen) atoms. The Hall–Kier alpha value is -1.68. The summed E-state index contributed by atoms with van der Waals surface area (Å²) in [5.74, 6) is 1.57. The highest BCUT2D eigenvalue weighted by Gasteiger charge is 2.09. The quantitative estimate of drug-likeness (QED) is 0.878. The van der Waals surface area contributed by atoms with Crippen LogP contribution in [0.2, 0.25) is 0 Å². The zero-order valence-electron chi connectivity index (χ0n) is 12.8. The van der Waals surface area contributed by atoms with E-state index in [4.69, 9.17) is 0 Å². The van der Waals surface area contributed by atoms with Crippen molar-refractivity contribution >= 4 is 0 Å². The van der Waals surface area contributed by atoms with Gasteiger partial charge in [-0.3, -0.25) is 0 Å². The van der Waals surface area contributed by atoms with E-state index in [0.29, 0.717) is 12.0 Å². The van der Waals surface area contributed by atoms with Crippen LogP contribution in [0.3, 0.4) is 0 Å². The highest BCUT2D eigenvalue weighted by Crippen LogP contribution is 2.14. The Balaban J connectivity index is 1.97. The lowest BCUT2D eigenvalue weighted by Gasteiger charge is -2.15. The van der Waals surface area contributed by atoms with Crippen molar-refractivity contribution in [1.82, 2.24) is 20.1 Å². The fourth-order valence-corrected chi connectivity index (χ4v) is 2.23. The summed E-state index contributed by atoms with van der Waals surface area (Å²) in [6.45, 7) is 10.3. The molecule has 1 aromatic carbocycles. The molecule has 0 fully saturated rings. The van der Waals surface area contributed by atoms with Gasteiger partial charge in [0.2, 0.25) is 0 Å². The second-order valence-electron chi connectivity index (χ2n) is 5.77. The summed E-state index contributed by atoms with van der Waals surface area (Å²) in [6, 6.07) is 8.90. The molecule has 1 atom stereocenters. The predicted octanol–water partition coefficient (Wildman–Crippen LogP) is 3.09. The molecule has 0 aliphatic carbocycles. The molecule has 2 rings (SSSR count). The summed E-state index contributed by atoms with van der Waals surface area (Å²) in [4.78, 5) is 4.34. The van der Waals surface area contributed by atoms with Gasteiger partial charge in [0.25, 0.3) is 0 Å². The van der Waals surface area contributed by atoms with E-state index in [1.807, 2.05) is 4.68 Å². The molecule has 2 aromatic rings. The standard InChI is InChI=1S/C16H24N4/c1-12(2)10-20-16(18-11-19-20)9-17-14(4)15-7-5-6-13(3)8-15/h5-8,11-12,14,17H,9-10H2,1-4H3/t14-/m0/s1. The number of aryl methyl sites for hydroxylation is 1. The number of nitrogens with one attached hydrogen (secondary N) is 1. The van der Waals surface area contributed by atoms with Gasteiger partial charge in [-0.05, 0) is 25.3 Å². The van der Waals surface area contributed by atoms with Gasteiger partial charge in [-0.2, -0.15) is 5.10 Å². The Morgan fingerprint density at radius 2 is 2.05 bits per heavy atom. The first-order chi connectivity index (χ1) is 9.56. The molecular weight excluding hydrogens is 248 g/mol. The Bertz CT molecular complexity index is 545. The zero-order chi connectivity index (χ0) is 14.5. The molecule has 0 amide bonds. The smallest absolute Gasteiger partial charge is 0.140 e. The van der Waals surface area contributed by atoms with Crippen molar-refractivity contribution < 1.29 is 0 Å². The molecule has 0 spiro atoms. The van der Waals surface area contributed by atoms with Crippen LogP contribution in [0.15, 0.2) is 30.6 Å². The van der Waals surface area contributed by atoms with E-state index in [-0.39, 0.29) is 0 Å². The topological polar surface area (TPSA) is 42.7 Å². The SMILES string of the molecule is Cc1cccc([C@H](C)NCc2ncnn2CC(C)C)c1. The minimum absolute atomic E-state index is 0.305. The maximum Gasteiger partial charge on any atom is 0.140 e. The second kappa shape index (κ2) is 6.66. The van der Waals surface area contributed by atoms with Crippen LogP contribution in [0.5, 0.6) is 0 Å². The van der Waals surface area contributed by atoms with Gasteiger partial charge in [-0.15, -0.1) is 0 Å². The normalized spacial score (nSPS) is 12.8. The third-order valence-electron chi connectivity index (χ3n) is 3.34. The first-order valence-corrected chi connectivity index (χ1v) is 7.23. The van der Waals surface area contributed by atoms with Gasteiger partial charge < -0.3 is 5.32 Å². The van der Waals surface area contributed by atoms with Crippen molar-refractivity contribution in [3.63, 3.8) is 0 Å². The molecule has 0 radical (unpaired) electrons. The molecule has 1 heterocycles. The van der Waals surface area contributed by atoms with Crippen molar-refractivity contribution in [3.05, 3.63) is 47.5 Å². The van der Waals surface area contributed by atoms with E-state index in [2.05, 4.69) is 67.4 Å². The van der Waals surface area contributed by atoms with Crippen molar-refractivity contribution in [2.75, 3.05) is 0 Å². The Labute approximate surface area is 121 Å². The summed E-state index contributed by atoms with van der Waals surface area (Å²) in [5.41, 5.74) is 2.60. The first kappa shape index (κ1) is 14.7. The molecule has 0 bridgehead atoms. The highest BCUT2D eigenvalue weighted by molar-refractivity contribution is 5.24. The monoisotopic (exact) mass is 272 g/mol. The number of rotatable bonds is 6. The highest BCUT2D eigenvalue weighted by atomic mass is 15.3. The Morgan fingerprint density at radius 1 is 1.25 bits per heavy atom. The van der Waals surface area contributed by atoms with Crippen molar-refractivity contribution in [1.29, 1.82) is 0 Å². The summed E-state index contributed by atoms with van der Waals surface area (Å²) in [7, 11) is 0. The van der Waals surface area contributed by atoms with Gasteiger partial charge in [0.1, 0.15) is 12.2 Å². The molecule has 108 valence electrons. The Kier molecular flexibility index (Phi) is 4.90. The molecular formula is C16H24N4. The van der Waals surface area contributed by atoms with E-state index in [9.17, 15) is 0 Å². The average molecular weight is 272 g/mol. The average Bonchev–Trinajstić information content (AvgIpc) is 2.82. The molecule has 0 aliphatic rings. The van der Waals surface area contributed by atoms with Crippen LogP contribution in [0.1, 0.15) is 43.8 Å². The van der Waals surface area contributed by atoms with E-state index in [1.54, 1.807) is 6.33 Å². The molecule has 1 aromatic heterocycles. The van der Waals surface area contributed by atoms with E-state index in [1.165, 1.54) is 11.1 Å². The molecule has 0 saturated heterocycles. The summed E-state index contributed by atoms with van der Waals surface area (Å²) < 4.78 is 1.99. The number of hydrogen-bond donors (Lipinski definition) is 1. The van der Waals surface area contributed by atoms with Crippen LogP contribution >= 0.6 is 0 Å². The first-order valence-electron chi connectivity index (χ1n) is 7.23.